The predicted octanol–water partition coefficient (Wildman–Crippen LogP) is 3.93. The van der Waals surface area contributed by atoms with Crippen LogP contribution in [0.4, 0.5) is 0 Å². The van der Waals surface area contributed by atoms with Crippen LogP contribution in [0.3, 0.4) is 0 Å². The first-order valence-corrected chi connectivity index (χ1v) is 10.5. The van der Waals surface area contributed by atoms with E-state index >= 15 is 0 Å². The third-order valence-corrected chi connectivity index (χ3v) is 5.74. The van der Waals surface area contributed by atoms with Crippen LogP contribution in [-0.2, 0) is 11.3 Å². The van der Waals surface area contributed by atoms with Gasteiger partial charge in [0.1, 0.15) is 0 Å². The molecule has 1 amide bonds. The zero-order valence-corrected chi connectivity index (χ0v) is 17.9. The molecule has 1 aliphatic rings. The molecular weight excluding hydrogens is 384 g/mol. The number of benzene rings is 2. The van der Waals surface area contributed by atoms with E-state index in [1.54, 1.807) is 7.05 Å². The van der Waals surface area contributed by atoms with Crippen molar-refractivity contribution in [2.75, 3.05) is 27.2 Å². The molecule has 0 spiro atoms. The standard InChI is InChI=1S/C23H29ClN4O/c1-25-22(29)15-17-11-13-28(14-12-17)23(26-2)27-16-19-5-3-4-6-21(19)18-7-9-20(24)10-8-18/h3-10,17H,11-16H2,1-2H3,(H,25,29)(H,26,27). The largest absolute Gasteiger partial charge is 0.359 e. The fraction of sp³-hybridized carbons (Fsp3) is 0.391. The molecule has 0 unspecified atom stereocenters. The number of carbonyl (C=O) groups excluding carboxylic acids is 1. The average molecular weight is 413 g/mol. The summed E-state index contributed by atoms with van der Waals surface area (Å²) in [6.07, 6.45) is 2.63. The van der Waals surface area contributed by atoms with Gasteiger partial charge in [0.15, 0.2) is 5.96 Å². The molecule has 1 heterocycles. The van der Waals surface area contributed by atoms with Crippen LogP contribution in [0.25, 0.3) is 11.1 Å². The van der Waals surface area contributed by atoms with Crippen molar-refractivity contribution in [1.82, 2.24) is 15.5 Å². The SMILES string of the molecule is CN=C(NCc1ccccc1-c1ccc(Cl)cc1)N1CCC(CC(=O)NC)CC1. The van der Waals surface area contributed by atoms with Crippen LogP contribution in [0.5, 0.6) is 0 Å². The molecule has 29 heavy (non-hydrogen) atoms. The number of hydrogen-bond donors (Lipinski definition) is 2. The Balaban J connectivity index is 1.61. The Kier molecular flexibility index (Phi) is 7.53. The van der Waals surface area contributed by atoms with Gasteiger partial charge in [-0.3, -0.25) is 9.79 Å². The minimum atomic E-state index is 0.129. The quantitative estimate of drug-likeness (QED) is 0.577. The molecule has 0 atom stereocenters. The fourth-order valence-corrected chi connectivity index (χ4v) is 3.93. The van der Waals surface area contributed by atoms with Crippen LogP contribution in [0.1, 0.15) is 24.8 Å². The highest BCUT2D eigenvalue weighted by molar-refractivity contribution is 6.30. The highest BCUT2D eigenvalue weighted by Gasteiger charge is 2.23. The lowest BCUT2D eigenvalue weighted by molar-refractivity contribution is -0.121. The lowest BCUT2D eigenvalue weighted by Gasteiger charge is -2.34. The lowest BCUT2D eigenvalue weighted by Crippen LogP contribution is -2.45. The molecule has 2 N–H and O–H groups in total. The lowest BCUT2D eigenvalue weighted by atomic mass is 9.93. The summed E-state index contributed by atoms with van der Waals surface area (Å²) in [7, 11) is 3.52. The number of aliphatic imine (C=N–C) groups is 1. The third kappa shape index (κ3) is 5.73. The van der Waals surface area contributed by atoms with Crippen molar-refractivity contribution in [2.45, 2.75) is 25.8 Å². The van der Waals surface area contributed by atoms with Crippen molar-refractivity contribution >= 4 is 23.5 Å². The Bertz CT molecular complexity index is 842. The number of nitrogens with zero attached hydrogens (tertiary/aromatic N) is 2. The number of amides is 1. The maximum Gasteiger partial charge on any atom is 0.220 e. The van der Waals surface area contributed by atoms with Crippen molar-refractivity contribution in [1.29, 1.82) is 0 Å². The van der Waals surface area contributed by atoms with Crippen LogP contribution < -0.4 is 10.6 Å². The summed E-state index contributed by atoms with van der Waals surface area (Å²) in [6, 6.07) is 16.3. The van der Waals surface area contributed by atoms with Crippen molar-refractivity contribution in [3.8, 4) is 11.1 Å². The molecule has 2 aromatic carbocycles. The predicted molar refractivity (Wildman–Crippen MR) is 120 cm³/mol. The van der Waals surface area contributed by atoms with Gasteiger partial charge in [-0.05, 0) is 47.6 Å². The Morgan fingerprint density at radius 1 is 1.14 bits per heavy atom. The summed E-state index contributed by atoms with van der Waals surface area (Å²) in [5, 5.41) is 6.98. The normalized spacial score (nSPS) is 15.3. The first kappa shape index (κ1) is 21.2. The Hall–Kier alpha value is -2.53. The maximum atomic E-state index is 11.6. The fourth-order valence-electron chi connectivity index (χ4n) is 3.81. The molecule has 0 bridgehead atoms. The van der Waals surface area contributed by atoms with Crippen LogP contribution in [0, 0.1) is 5.92 Å². The molecule has 1 saturated heterocycles. The van der Waals surface area contributed by atoms with Gasteiger partial charge >= 0.3 is 0 Å². The summed E-state index contributed by atoms with van der Waals surface area (Å²) in [5.41, 5.74) is 3.55. The van der Waals surface area contributed by atoms with E-state index in [1.165, 1.54) is 11.1 Å². The van der Waals surface area contributed by atoms with Gasteiger partial charge in [0.2, 0.25) is 5.91 Å². The second-order valence-electron chi connectivity index (χ2n) is 7.37. The zero-order valence-electron chi connectivity index (χ0n) is 17.1. The van der Waals surface area contributed by atoms with Crippen molar-refractivity contribution in [3.05, 3.63) is 59.1 Å². The highest BCUT2D eigenvalue weighted by atomic mass is 35.5. The second-order valence-corrected chi connectivity index (χ2v) is 7.81. The number of rotatable bonds is 5. The molecule has 0 aromatic heterocycles. The Labute approximate surface area is 178 Å². The summed E-state index contributed by atoms with van der Waals surface area (Å²) in [6.45, 7) is 2.53. The van der Waals surface area contributed by atoms with Crippen molar-refractivity contribution < 1.29 is 4.79 Å². The maximum absolute atomic E-state index is 11.6. The molecule has 0 saturated carbocycles. The van der Waals surface area contributed by atoms with Gasteiger partial charge in [0, 0.05) is 45.2 Å². The van der Waals surface area contributed by atoms with Crippen LogP contribution in [0.2, 0.25) is 5.02 Å². The molecular formula is C23H29ClN4O. The molecule has 1 aliphatic heterocycles. The number of hydrogen-bond acceptors (Lipinski definition) is 2. The van der Waals surface area contributed by atoms with E-state index in [1.807, 2.05) is 31.3 Å². The zero-order chi connectivity index (χ0) is 20.6. The van der Waals surface area contributed by atoms with E-state index in [2.05, 4.69) is 44.8 Å². The van der Waals surface area contributed by atoms with Gasteiger partial charge < -0.3 is 15.5 Å². The van der Waals surface area contributed by atoms with Crippen molar-refractivity contribution in [2.24, 2.45) is 10.9 Å². The number of halogens is 1. The number of nitrogens with one attached hydrogen (secondary N) is 2. The van der Waals surface area contributed by atoms with Crippen LogP contribution >= 0.6 is 11.6 Å². The van der Waals surface area contributed by atoms with Gasteiger partial charge in [-0.15, -0.1) is 0 Å². The van der Waals surface area contributed by atoms with Gasteiger partial charge in [0.25, 0.3) is 0 Å². The van der Waals surface area contributed by atoms with Crippen LogP contribution in [-0.4, -0.2) is 44.0 Å². The van der Waals surface area contributed by atoms with Gasteiger partial charge in [-0.1, -0.05) is 48.0 Å². The molecule has 2 aromatic rings. The van der Waals surface area contributed by atoms with E-state index in [0.717, 1.165) is 42.5 Å². The number of piperidine rings is 1. The molecule has 3 rings (SSSR count). The van der Waals surface area contributed by atoms with Crippen molar-refractivity contribution in [3.63, 3.8) is 0 Å². The number of carbonyl (C=O) groups is 1. The van der Waals surface area contributed by atoms with E-state index in [4.69, 9.17) is 11.6 Å². The minimum absolute atomic E-state index is 0.129. The average Bonchev–Trinajstić information content (AvgIpc) is 2.76. The Morgan fingerprint density at radius 2 is 1.83 bits per heavy atom. The number of guanidine groups is 1. The van der Waals surface area contributed by atoms with Gasteiger partial charge in [0.05, 0.1) is 0 Å². The molecule has 0 aliphatic carbocycles. The second kappa shape index (κ2) is 10.3. The minimum Gasteiger partial charge on any atom is -0.359 e. The van der Waals surface area contributed by atoms with Gasteiger partial charge in [-0.2, -0.15) is 0 Å². The summed E-state index contributed by atoms with van der Waals surface area (Å²) < 4.78 is 0. The summed E-state index contributed by atoms with van der Waals surface area (Å²) >= 11 is 6.04. The molecule has 0 radical (unpaired) electrons. The van der Waals surface area contributed by atoms with E-state index < -0.39 is 0 Å². The molecule has 154 valence electrons. The third-order valence-electron chi connectivity index (χ3n) is 5.49. The monoisotopic (exact) mass is 412 g/mol. The van der Waals surface area contributed by atoms with E-state index in [9.17, 15) is 4.79 Å². The molecule has 6 heteroatoms. The number of likely N-dealkylation sites (tertiary alicyclic amines) is 1. The molecule has 1 fully saturated rings. The van der Waals surface area contributed by atoms with Gasteiger partial charge in [-0.25, -0.2) is 0 Å². The summed E-state index contributed by atoms with van der Waals surface area (Å²) in [4.78, 5) is 18.4. The first-order chi connectivity index (χ1) is 14.1. The topological polar surface area (TPSA) is 56.7 Å². The molecule has 5 nitrogen and oxygen atoms in total. The Morgan fingerprint density at radius 3 is 2.48 bits per heavy atom. The van der Waals surface area contributed by atoms with Crippen LogP contribution in [0.15, 0.2) is 53.5 Å². The smallest absolute Gasteiger partial charge is 0.220 e. The summed E-state index contributed by atoms with van der Waals surface area (Å²) in [5.74, 6) is 1.49. The first-order valence-electron chi connectivity index (χ1n) is 10.1. The highest BCUT2D eigenvalue weighted by Crippen LogP contribution is 2.25. The van der Waals surface area contributed by atoms with E-state index in [0.29, 0.717) is 18.9 Å². The van der Waals surface area contributed by atoms with E-state index in [-0.39, 0.29) is 5.91 Å².